The Labute approximate surface area is 139 Å². The summed E-state index contributed by atoms with van der Waals surface area (Å²) < 4.78 is 53.6. The summed E-state index contributed by atoms with van der Waals surface area (Å²) in [5, 5.41) is 3.09. The quantitative estimate of drug-likeness (QED) is 0.339. The van der Waals surface area contributed by atoms with Crippen molar-refractivity contribution in [1.29, 1.82) is 0 Å². The predicted molar refractivity (Wildman–Crippen MR) is 85.3 cm³/mol. The van der Waals surface area contributed by atoms with Crippen LogP contribution >= 0.6 is 0 Å². The highest BCUT2D eigenvalue weighted by molar-refractivity contribution is 5.79. The molecule has 0 aliphatic heterocycles. The number of hydrogen-bond donors (Lipinski definition) is 1. The molecule has 0 fully saturated rings. The lowest BCUT2D eigenvalue weighted by molar-refractivity contribution is -0.173. The van der Waals surface area contributed by atoms with Crippen LogP contribution in [0.1, 0.15) is 18.9 Å². The summed E-state index contributed by atoms with van der Waals surface area (Å²) in [6.07, 6.45) is -3.91. The lowest BCUT2D eigenvalue weighted by atomic mass is 10.2. The molecular formula is C16H23F4N3O. The number of ether oxygens (including phenoxy) is 1. The maximum atomic E-state index is 13.2. The van der Waals surface area contributed by atoms with Gasteiger partial charge in [-0.15, -0.1) is 0 Å². The molecule has 0 amide bonds. The maximum Gasteiger partial charge on any atom is 0.411 e. The molecule has 1 aromatic rings. The van der Waals surface area contributed by atoms with Gasteiger partial charge in [0.25, 0.3) is 0 Å². The third-order valence-electron chi connectivity index (χ3n) is 2.98. The van der Waals surface area contributed by atoms with E-state index in [4.69, 9.17) is 0 Å². The van der Waals surface area contributed by atoms with Crippen LogP contribution in [-0.2, 0) is 11.3 Å². The number of nitrogens with one attached hydrogen (secondary N) is 1. The Balaban J connectivity index is 2.46. The molecule has 4 nitrogen and oxygen atoms in total. The lowest BCUT2D eigenvalue weighted by Crippen LogP contribution is -2.38. The van der Waals surface area contributed by atoms with E-state index >= 15 is 0 Å². The Morgan fingerprint density at radius 1 is 1.33 bits per heavy atom. The van der Waals surface area contributed by atoms with Crippen LogP contribution in [-0.4, -0.2) is 50.4 Å². The Hall–Kier alpha value is -1.83. The van der Waals surface area contributed by atoms with E-state index in [0.717, 1.165) is 5.56 Å². The monoisotopic (exact) mass is 349 g/mol. The third-order valence-corrected chi connectivity index (χ3v) is 2.98. The van der Waals surface area contributed by atoms with Crippen LogP contribution in [0.4, 0.5) is 17.6 Å². The molecule has 0 heterocycles. The molecule has 0 bridgehead atoms. The van der Waals surface area contributed by atoms with E-state index in [1.165, 1.54) is 12.1 Å². The van der Waals surface area contributed by atoms with Crippen molar-refractivity contribution in [2.45, 2.75) is 26.1 Å². The van der Waals surface area contributed by atoms with Crippen molar-refractivity contribution in [2.24, 2.45) is 4.99 Å². The largest absolute Gasteiger partial charge is 0.411 e. The second kappa shape index (κ2) is 10.1. The smallest absolute Gasteiger partial charge is 0.372 e. The molecule has 1 N–H and O–H groups in total. The zero-order valence-electron chi connectivity index (χ0n) is 13.9. The van der Waals surface area contributed by atoms with Gasteiger partial charge < -0.3 is 15.0 Å². The van der Waals surface area contributed by atoms with Crippen molar-refractivity contribution >= 4 is 5.96 Å². The first-order valence-corrected chi connectivity index (χ1v) is 7.70. The van der Waals surface area contributed by atoms with Crippen molar-refractivity contribution in [1.82, 2.24) is 10.2 Å². The van der Waals surface area contributed by atoms with Crippen LogP contribution in [0.3, 0.4) is 0 Å². The minimum Gasteiger partial charge on any atom is -0.372 e. The number of halogens is 4. The average Bonchev–Trinajstić information content (AvgIpc) is 2.48. The van der Waals surface area contributed by atoms with Crippen molar-refractivity contribution in [3.05, 3.63) is 35.6 Å². The number of nitrogens with zero attached hydrogens (tertiary/aromatic N) is 2. The molecule has 0 spiro atoms. The highest BCUT2D eigenvalue weighted by atomic mass is 19.4. The van der Waals surface area contributed by atoms with Gasteiger partial charge in [-0.05, 0) is 31.0 Å². The Kier molecular flexibility index (Phi) is 8.53. The first kappa shape index (κ1) is 20.2. The molecule has 24 heavy (non-hydrogen) atoms. The molecule has 0 aliphatic carbocycles. The second-order valence-corrected chi connectivity index (χ2v) is 5.24. The summed E-state index contributed by atoms with van der Waals surface area (Å²) >= 11 is 0. The molecule has 0 aliphatic rings. The summed E-state index contributed by atoms with van der Waals surface area (Å²) in [6, 6.07) is 6.28. The van der Waals surface area contributed by atoms with Crippen molar-refractivity contribution in [3.63, 3.8) is 0 Å². The number of guanidine groups is 1. The summed E-state index contributed by atoms with van der Waals surface area (Å²) in [4.78, 5) is 6.17. The van der Waals surface area contributed by atoms with Crippen molar-refractivity contribution < 1.29 is 22.3 Å². The number of hydrogen-bond acceptors (Lipinski definition) is 2. The van der Waals surface area contributed by atoms with Gasteiger partial charge in [-0.25, -0.2) is 4.39 Å². The van der Waals surface area contributed by atoms with Gasteiger partial charge in [-0.3, -0.25) is 4.99 Å². The first-order valence-electron chi connectivity index (χ1n) is 7.70. The van der Waals surface area contributed by atoms with E-state index in [2.05, 4.69) is 15.0 Å². The normalized spacial score (nSPS) is 12.3. The molecule has 8 heteroatoms. The van der Waals surface area contributed by atoms with Gasteiger partial charge in [0.1, 0.15) is 12.4 Å². The Morgan fingerprint density at radius 3 is 2.71 bits per heavy atom. The maximum absolute atomic E-state index is 13.2. The van der Waals surface area contributed by atoms with Crippen LogP contribution in [0.15, 0.2) is 29.3 Å². The van der Waals surface area contributed by atoms with Gasteiger partial charge in [0.2, 0.25) is 0 Å². The van der Waals surface area contributed by atoms with E-state index in [1.807, 2.05) is 24.9 Å². The van der Waals surface area contributed by atoms with Crippen LogP contribution < -0.4 is 5.32 Å². The fourth-order valence-electron chi connectivity index (χ4n) is 1.99. The van der Waals surface area contributed by atoms with Gasteiger partial charge in [0.15, 0.2) is 5.96 Å². The molecular weight excluding hydrogens is 326 g/mol. The average molecular weight is 349 g/mol. The molecule has 0 unspecified atom stereocenters. The van der Waals surface area contributed by atoms with Gasteiger partial charge in [0.05, 0.1) is 0 Å². The van der Waals surface area contributed by atoms with Crippen LogP contribution in [0.25, 0.3) is 0 Å². The number of rotatable bonds is 8. The SMILES string of the molecule is CCNC(=NCCCOCC(F)(F)F)N(C)Cc1cccc(F)c1. The van der Waals surface area contributed by atoms with Gasteiger partial charge in [0, 0.05) is 33.3 Å². The van der Waals surface area contributed by atoms with Gasteiger partial charge in [-0.2, -0.15) is 13.2 Å². The molecule has 0 atom stereocenters. The Morgan fingerprint density at radius 2 is 2.08 bits per heavy atom. The summed E-state index contributed by atoms with van der Waals surface area (Å²) in [6.45, 7) is 2.13. The fourth-order valence-corrected chi connectivity index (χ4v) is 1.99. The van der Waals surface area contributed by atoms with Gasteiger partial charge in [-0.1, -0.05) is 12.1 Å². The zero-order chi connectivity index (χ0) is 18.0. The third kappa shape index (κ3) is 8.71. The summed E-state index contributed by atoms with van der Waals surface area (Å²) in [7, 11) is 1.81. The Bertz CT molecular complexity index is 520. The number of alkyl halides is 3. The molecule has 1 rings (SSSR count). The van der Waals surface area contributed by atoms with Crippen LogP contribution in [0.5, 0.6) is 0 Å². The molecule has 0 saturated carbocycles. The second-order valence-electron chi connectivity index (χ2n) is 5.24. The minimum absolute atomic E-state index is 0.00394. The van der Waals surface area contributed by atoms with E-state index < -0.39 is 12.8 Å². The van der Waals surface area contributed by atoms with Crippen molar-refractivity contribution in [2.75, 3.05) is 33.4 Å². The minimum atomic E-state index is -4.30. The lowest BCUT2D eigenvalue weighted by Gasteiger charge is -2.22. The van der Waals surface area contributed by atoms with Crippen LogP contribution in [0, 0.1) is 5.82 Å². The van der Waals surface area contributed by atoms with E-state index in [0.29, 0.717) is 32.0 Å². The zero-order valence-corrected chi connectivity index (χ0v) is 13.9. The molecule has 0 radical (unpaired) electrons. The fraction of sp³-hybridized carbons (Fsp3) is 0.562. The predicted octanol–water partition coefficient (Wildman–Crippen LogP) is 3.19. The highest BCUT2D eigenvalue weighted by Gasteiger charge is 2.27. The molecule has 0 aromatic heterocycles. The molecule has 136 valence electrons. The van der Waals surface area contributed by atoms with Crippen LogP contribution in [0.2, 0.25) is 0 Å². The van der Waals surface area contributed by atoms with Crippen molar-refractivity contribution in [3.8, 4) is 0 Å². The van der Waals surface area contributed by atoms with E-state index in [1.54, 1.807) is 6.07 Å². The standard InChI is InChI=1S/C16H23F4N3O/c1-3-21-15(22-8-5-9-24-12-16(18,19)20)23(2)11-13-6-4-7-14(17)10-13/h4,6-7,10H,3,5,8-9,11-12H2,1-2H3,(H,21,22). The summed E-state index contributed by atoms with van der Waals surface area (Å²) in [5.74, 6) is 0.308. The highest BCUT2D eigenvalue weighted by Crippen LogP contribution is 2.14. The number of benzene rings is 1. The van der Waals surface area contributed by atoms with E-state index in [9.17, 15) is 17.6 Å². The first-order chi connectivity index (χ1) is 11.3. The van der Waals surface area contributed by atoms with E-state index in [-0.39, 0.29) is 12.4 Å². The number of aliphatic imine (C=N–C) groups is 1. The molecule has 0 saturated heterocycles. The summed E-state index contributed by atoms with van der Waals surface area (Å²) in [5.41, 5.74) is 0.802. The topological polar surface area (TPSA) is 36.9 Å². The van der Waals surface area contributed by atoms with Gasteiger partial charge >= 0.3 is 6.18 Å². The molecule has 1 aromatic carbocycles.